The van der Waals surface area contributed by atoms with Gasteiger partial charge in [-0.3, -0.25) is 0 Å². The maximum Gasteiger partial charge on any atom is 0.0431 e. The fourth-order valence-electron chi connectivity index (χ4n) is 1.68. The second kappa shape index (κ2) is 6.43. The van der Waals surface area contributed by atoms with Gasteiger partial charge < -0.3 is 10.8 Å². The van der Waals surface area contributed by atoms with Gasteiger partial charge in [-0.05, 0) is 24.5 Å². The second-order valence-electron chi connectivity index (χ2n) is 5.22. The van der Waals surface area contributed by atoms with Crippen molar-refractivity contribution in [2.45, 2.75) is 49.3 Å². The third-order valence-corrected chi connectivity index (χ3v) is 3.61. The fourth-order valence-corrected chi connectivity index (χ4v) is 2.82. The minimum atomic E-state index is 0.0215. The minimum Gasteiger partial charge on any atom is -0.396 e. The Morgan fingerprint density at radius 3 is 2.53 bits per heavy atom. The van der Waals surface area contributed by atoms with Crippen LogP contribution in [0.1, 0.15) is 45.2 Å². The van der Waals surface area contributed by atoms with Gasteiger partial charge in [-0.15, -0.1) is 11.8 Å². The number of thioether (sulfide) groups is 1. The van der Waals surface area contributed by atoms with Gasteiger partial charge in [0.25, 0.3) is 0 Å². The summed E-state index contributed by atoms with van der Waals surface area (Å²) in [6, 6.07) is 8.32. The molecule has 0 aliphatic rings. The lowest BCUT2D eigenvalue weighted by molar-refractivity contribution is 0.279. The SMILES string of the molecule is CC(C)(C)Sc1ccccc1[C@H](N)CCCO. The minimum absolute atomic E-state index is 0.0215. The molecule has 17 heavy (non-hydrogen) atoms. The van der Waals surface area contributed by atoms with Gasteiger partial charge in [0, 0.05) is 22.3 Å². The highest BCUT2D eigenvalue weighted by molar-refractivity contribution is 8.00. The number of aliphatic hydroxyl groups is 1. The fraction of sp³-hybridized carbons (Fsp3) is 0.571. The summed E-state index contributed by atoms with van der Waals surface area (Å²) in [6.45, 7) is 6.82. The van der Waals surface area contributed by atoms with Gasteiger partial charge >= 0.3 is 0 Å². The third-order valence-electron chi connectivity index (χ3n) is 2.41. The Labute approximate surface area is 109 Å². The predicted octanol–water partition coefficient (Wildman–Crippen LogP) is 3.35. The zero-order valence-electron chi connectivity index (χ0n) is 10.9. The number of nitrogens with two attached hydrogens (primary N) is 1. The molecule has 0 unspecified atom stereocenters. The van der Waals surface area contributed by atoms with Crippen molar-refractivity contribution in [3.05, 3.63) is 29.8 Å². The lowest BCUT2D eigenvalue weighted by atomic mass is 10.0. The molecule has 3 N–H and O–H groups in total. The molecule has 0 aliphatic heterocycles. The molecule has 0 saturated carbocycles. The highest BCUT2D eigenvalue weighted by atomic mass is 32.2. The predicted molar refractivity (Wildman–Crippen MR) is 75.3 cm³/mol. The van der Waals surface area contributed by atoms with Crippen molar-refractivity contribution in [1.82, 2.24) is 0 Å². The van der Waals surface area contributed by atoms with E-state index >= 15 is 0 Å². The molecule has 96 valence electrons. The van der Waals surface area contributed by atoms with Crippen LogP contribution in [-0.2, 0) is 0 Å². The van der Waals surface area contributed by atoms with E-state index in [1.807, 2.05) is 17.8 Å². The van der Waals surface area contributed by atoms with E-state index in [1.54, 1.807) is 0 Å². The summed E-state index contributed by atoms with van der Waals surface area (Å²) < 4.78 is 0.187. The number of rotatable bonds is 5. The molecule has 0 saturated heterocycles. The summed E-state index contributed by atoms with van der Waals surface area (Å²) in [7, 11) is 0. The molecule has 1 aromatic carbocycles. The van der Waals surface area contributed by atoms with Crippen molar-refractivity contribution in [3.63, 3.8) is 0 Å². The Morgan fingerprint density at radius 2 is 1.94 bits per heavy atom. The van der Waals surface area contributed by atoms with E-state index < -0.39 is 0 Å². The number of aliphatic hydroxyl groups excluding tert-OH is 1. The van der Waals surface area contributed by atoms with Crippen LogP contribution in [0, 0.1) is 0 Å². The first-order chi connectivity index (χ1) is 7.94. The van der Waals surface area contributed by atoms with Gasteiger partial charge in [0.05, 0.1) is 0 Å². The first-order valence-electron chi connectivity index (χ1n) is 6.08. The van der Waals surface area contributed by atoms with Crippen molar-refractivity contribution < 1.29 is 5.11 Å². The summed E-state index contributed by atoms with van der Waals surface area (Å²) >= 11 is 1.85. The zero-order valence-corrected chi connectivity index (χ0v) is 11.8. The van der Waals surface area contributed by atoms with Crippen LogP contribution < -0.4 is 5.73 Å². The van der Waals surface area contributed by atoms with Crippen molar-refractivity contribution >= 4 is 11.8 Å². The van der Waals surface area contributed by atoms with Gasteiger partial charge in [-0.2, -0.15) is 0 Å². The van der Waals surface area contributed by atoms with Crippen molar-refractivity contribution in [3.8, 4) is 0 Å². The molecular formula is C14H23NOS. The second-order valence-corrected chi connectivity index (χ2v) is 7.09. The van der Waals surface area contributed by atoms with E-state index in [4.69, 9.17) is 10.8 Å². The van der Waals surface area contributed by atoms with Gasteiger partial charge in [0.1, 0.15) is 0 Å². The normalized spacial score (nSPS) is 13.7. The third kappa shape index (κ3) is 5.11. The Balaban J connectivity index is 2.83. The summed E-state index contributed by atoms with van der Waals surface area (Å²) in [5.74, 6) is 0. The van der Waals surface area contributed by atoms with Gasteiger partial charge in [-0.25, -0.2) is 0 Å². The number of hydrogen-bond acceptors (Lipinski definition) is 3. The smallest absolute Gasteiger partial charge is 0.0431 e. The Bertz CT molecular complexity index is 346. The van der Waals surface area contributed by atoms with E-state index in [-0.39, 0.29) is 17.4 Å². The maximum atomic E-state index is 8.86. The molecule has 3 heteroatoms. The Kier molecular flexibility index (Phi) is 5.50. The lowest BCUT2D eigenvalue weighted by Crippen LogP contribution is -2.14. The molecule has 0 amide bonds. The molecule has 0 aromatic heterocycles. The van der Waals surface area contributed by atoms with Gasteiger partial charge in [0.2, 0.25) is 0 Å². The average Bonchev–Trinajstić information content (AvgIpc) is 2.24. The van der Waals surface area contributed by atoms with Gasteiger partial charge in [0.15, 0.2) is 0 Å². The van der Waals surface area contributed by atoms with Crippen LogP contribution in [0.3, 0.4) is 0 Å². The highest BCUT2D eigenvalue weighted by Crippen LogP contribution is 2.36. The van der Waals surface area contributed by atoms with Crippen LogP contribution in [0.2, 0.25) is 0 Å². The largest absolute Gasteiger partial charge is 0.396 e. The Hall–Kier alpha value is -0.510. The lowest BCUT2D eigenvalue weighted by Gasteiger charge is -2.22. The topological polar surface area (TPSA) is 46.2 Å². The van der Waals surface area contributed by atoms with Crippen molar-refractivity contribution in [2.75, 3.05) is 6.61 Å². The van der Waals surface area contributed by atoms with E-state index in [0.717, 1.165) is 12.8 Å². The van der Waals surface area contributed by atoms with E-state index in [1.165, 1.54) is 10.5 Å². The molecule has 0 aliphatic carbocycles. The molecule has 0 spiro atoms. The molecule has 2 nitrogen and oxygen atoms in total. The molecule has 0 bridgehead atoms. The van der Waals surface area contributed by atoms with Crippen molar-refractivity contribution in [2.24, 2.45) is 5.73 Å². The Morgan fingerprint density at radius 1 is 1.29 bits per heavy atom. The molecular weight excluding hydrogens is 230 g/mol. The quantitative estimate of drug-likeness (QED) is 0.791. The first kappa shape index (κ1) is 14.6. The summed E-state index contributed by atoms with van der Waals surface area (Å²) in [5.41, 5.74) is 7.37. The van der Waals surface area contributed by atoms with E-state index in [0.29, 0.717) is 0 Å². The zero-order chi connectivity index (χ0) is 12.9. The summed E-state index contributed by atoms with van der Waals surface area (Å²) in [5, 5.41) is 8.86. The highest BCUT2D eigenvalue weighted by Gasteiger charge is 2.17. The molecule has 1 atom stereocenters. The molecule has 0 fully saturated rings. The van der Waals surface area contributed by atoms with Crippen molar-refractivity contribution in [1.29, 1.82) is 0 Å². The molecule has 1 rings (SSSR count). The summed E-state index contributed by atoms with van der Waals surface area (Å²) in [4.78, 5) is 1.26. The number of benzene rings is 1. The maximum absolute atomic E-state index is 8.86. The monoisotopic (exact) mass is 253 g/mol. The van der Waals surface area contributed by atoms with E-state index in [9.17, 15) is 0 Å². The van der Waals surface area contributed by atoms with Crippen LogP contribution in [-0.4, -0.2) is 16.5 Å². The van der Waals surface area contributed by atoms with Crippen LogP contribution in [0.5, 0.6) is 0 Å². The average molecular weight is 253 g/mol. The van der Waals surface area contributed by atoms with E-state index in [2.05, 4.69) is 39.0 Å². The molecule has 0 radical (unpaired) electrons. The molecule has 1 aromatic rings. The van der Waals surface area contributed by atoms with Crippen LogP contribution in [0.15, 0.2) is 29.2 Å². The van der Waals surface area contributed by atoms with Crippen LogP contribution in [0.4, 0.5) is 0 Å². The summed E-state index contributed by atoms with van der Waals surface area (Å²) in [6.07, 6.45) is 1.59. The molecule has 0 heterocycles. The number of hydrogen-bond donors (Lipinski definition) is 2. The van der Waals surface area contributed by atoms with Crippen LogP contribution >= 0.6 is 11.8 Å². The van der Waals surface area contributed by atoms with Crippen LogP contribution in [0.25, 0.3) is 0 Å². The first-order valence-corrected chi connectivity index (χ1v) is 6.90. The van der Waals surface area contributed by atoms with Gasteiger partial charge in [-0.1, -0.05) is 39.0 Å². The standard InChI is InChI=1S/C14H23NOS/c1-14(2,3)17-13-9-5-4-7-11(13)12(15)8-6-10-16/h4-5,7,9,12,16H,6,8,10,15H2,1-3H3/t12-/m1/s1.